The summed E-state index contributed by atoms with van der Waals surface area (Å²) in [4.78, 5) is 38.9. The van der Waals surface area contributed by atoms with Gasteiger partial charge in [0.1, 0.15) is 5.54 Å². The summed E-state index contributed by atoms with van der Waals surface area (Å²) in [5.74, 6) is 0.609. The molecule has 0 bridgehead atoms. The van der Waals surface area contributed by atoms with Gasteiger partial charge in [-0.1, -0.05) is 12.1 Å². The van der Waals surface area contributed by atoms with Crippen LogP contribution in [-0.2, 0) is 11.2 Å². The predicted octanol–water partition coefficient (Wildman–Crippen LogP) is 2.21. The summed E-state index contributed by atoms with van der Waals surface area (Å²) < 4.78 is 10.6. The molecule has 4 rings (SSSR count). The van der Waals surface area contributed by atoms with E-state index in [0.717, 1.165) is 10.5 Å². The Hall–Kier alpha value is -2.87. The van der Waals surface area contributed by atoms with Gasteiger partial charge < -0.3 is 14.8 Å². The summed E-state index contributed by atoms with van der Waals surface area (Å²) >= 11 is 1.29. The minimum absolute atomic E-state index is 0.171. The van der Waals surface area contributed by atoms with Crippen molar-refractivity contribution in [3.8, 4) is 11.5 Å². The minimum Gasteiger partial charge on any atom is -0.454 e. The molecule has 1 saturated heterocycles. The minimum atomic E-state index is -1.11. The highest BCUT2D eigenvalue weighted by molar-refractivity contribution is 7.12. The Morgan fingerprint density at radius 3 is 2.85 bits per heavy atom. The zero-order valence-electron chi connectivity index (χ0n) is 14.0. The average Bonchev–Trinajstić information content (AvgIpc) is 3.32. The fourth-order valence-corrected chi connectivity index (χ4v) is 3.79. The predicted molar refractivity (Wildman–Crippen MR) is 93.6 cm³/mol. The number of hydrogen-bond donors (Lipinski definition) is 1. The molecule has 8 heteroatoms. The molecule has 0 radical (unpaired) electrons. The summed E-state index contributed by atoms with van der Waals surface area (Å²) in [6, 6.07) is 8.29. The van der Waals surface area contributed by atoms with Crippen LogP contribution in [0, 0.1) is 0 Å². The molecule has 0 unspecified atom stereocenters. The highest BCUT2D eigenvalue weighted by atomic mass is 32.1. The van der Waals surface area contributed by atoms with Crippen molar-refractivity contribution in [2.75, 3.05) is 13.3 Å². The maximum Gasteiger partial charge on any atom is 0.325 e. The lowest BCUT2D eigenvalue weighted by Crippen LogP contribution is -2.46. The molecule has 0 saturated carbocycles. The maximum absolute atomic E-state index is 12.8. The van der Waals surface area contributed by atoms with Crippen LogP contribution in [0.25, 0.3) is 0 Å². The van der Waals surface area contributed by atoms with Gasteiger partial charge in [-0.05, 0) is 36.1 Å². The highest BCUT2D eigenvalue weighted by Crippen LogP contribution is 2.34. The third-order valence-corrected chi connectivity index (χ3v) is 5.35. The lowest BCUT2D eigenvalue weighted by atomic mass is 9.92. The smallest absolute Gasteiger partial charge is 0.325 e. The van der Waals surface area contributed by atoms with Gasteiger partial charge >= 0.3 is 6.03 Å². The molecule has 3 heterocycles. The average molecular weight is 372 g/mol. The lowest BCUT2D eigenvalue weighted by molar-refractivity contribution is -0.130. The van der Waals surface area contributed by atoms with E-state index in [1.54, 1.807) is 36.6 Å². The van der Waals surface area contributed by atoms with Gasteiger partial charge in [0.25, 0.3) is 5.91 Å². The number of thiophene rings is 1. The molecule has 1 N–H and O–H groups in total. The Balaban J connectivity index is 1.51. The molecule has 1 atom stereocenters. The number of carbonyl (C=O) groups is 3. The summed E-state index contributed by atoms with van der Waals surface area (Å²) in [6.07, 6.45) is 0.290. The SMILES string of the molecule is C[C@@]1(Cc2ccc3c(c2)OCO3)NC(=O)N(CC(=O)c2cccs2)C1=O. The van der Waals surface area contributed by atoms with Crippen molar-refractivity contribution in [2.24, 2.45) is 0 Å². The Kier molecular flexibility index (Phi) is 3.91. The van der Waals surface area contributed by atoms with Crippen molar-refractivity contribution < 1.29 is 23.9 Å². The van der Waals surface area contributed by atoms with E-state index in [9.17, 15) is 14.4 Å². The fraction of sp³-hybridized carbons (Fsp3) is 0.278. The number of rotatable bonds is 5. The van der Waals surface area contributed by atoms with Crippen LogP contribution in [-0.4, -0.2) is 41.5 Å². The number of nitrogens with zero attached hydrogens (tertiary/aromatic N) is 1. The number of ketones is 1. The van der Waals surface area contributed by atoms with Crippen LogP contribution in [0.1, 0.15) is 22.2 Å². The first-order chi connectivity index (χ1) is 12.5. The number of imide groups is 1. The normalized spacial score (nSPS) is 21.2. The number of ether oxygens (including phenoxy) is 2. The summed E-state index contributed by atoms with van der Waals surface area (Å²) in [7, 11) is 0. The van der Waals surface area contributed by atoms with Gasteiger partial charge in [-0.25, -0.2) is 4.79 Å². The van der Waals surface area contributed by atoms with Crippen LogP contribution in [0.15, 0.2) is 35.7 Å². The first-order valence-electron chi connectivity index (χ1n) is 8.06. The maximum atomic E-state index is 12.8. The third kappa shape index (κ3) is 2.82. The largest absolute Gasteiger partial charge is 0.454 e. The second-order valence-corrected chi connectivity index (χ2v) is 7.37. The van der Waals surface area contributed by atoms with Gasteiger partial charge in [-0.15, -0.1) is 11.3 Å². The molecular weight excluding hydrogens is 356 g/mol. The molecule has 0 aliphatic carbocycles. The van der Waals surface area contributed by atoms with E-state index in [-0.39, 0.29) is 25.5 Å². The molecule has 0 spiro atoms. The van der Waals surface area contributed by atoms with Crippen LogP contribution < -0.4 is 14.8 Å². The van der Waals surface area contributed by atoms with Gasteiger partial charge in [0, 0.05) is 6.42 Å². The van der Waals surface area contributed by atoms with Crippen molar-refractivity contribution in [2.45, 2.75) is 18.9 Å². The Morgan fingerprint density at radius 1 is 1.27 bits per heavy atom. The topological polar surface area (TPSA) is 84.9 Å². The second kappa shape index (κ2) is 6.14. The number of carbonyl (C=O) groups excluding carboxylic acids is 3. The quantitative estimate of drug-likeness (QED) is 0.643. The van der Waals surface area contributed by atoms with E-state index in [1.165, 1.54) is 11.3 Å². The standard InChI is InChI=1S/C18H16N2O5S/c1-18(8-11-4-5-13-14(7-11)25-10-24-13)16(22)20(17(23)19-18)9-12(21)15-3-2-6-26-15/h2-7H,8-10H2,1H3,(H,19,23)/t18-/m0/s1. The number of Topliss-reactive ketones (excluding diaryl/α,β-unsaturated/α-hetero) is 1. The van der Waals surface area contributed by atoms with Gasteiger partial charge in [0.2, 0.25) is 6.79 Å². The van der Waals surface area contributed by atoms with E-state index in [1.807, 2.05) is 6.07 Å². The van der Waals surface area contributed by atoms with E-state index in [2.05, 4.69) is 5.32 Å². The van der Waals surface area contributed by atoms with Crippen LogP contribution in [0.2, 0.25) is 0 Å². The molecule has 2 aliphatic rings. The van der Waals surface area contributed by atoms with Gasteiger partial charge in [0.15, 0.2) is 17.3 Å². The van der Waals surface area contributed by atoms with E-state index < -0.39 is 17.5 Å². The number of urea groups is 1. The van der Waals surface area contributed by atoms with E-state index in [4.69, 9.17) is 9.47 Å². The van der Waals surface area contributed by atoms with Crippen molar-refractivity contribution in [1.82, 2.24) is 10.2 Å². The van der Waals surface area contributed by atoms with Gasteiger partial charge in [0.05, 0.1) is 11.4 Å². The number of fused-ring (bicyclic) bond motifs is 1. The summed E-state index contributed by atoms with van der Waals surface area (Å²) in [6.45, 7) is 1.57. The molecule has 1 aromatic carbocycles. The van der Waals surface area contributed by atoms with Crippen LogP contribution in [0.3, 0.4) is 0 Å². The van der Waals surface area contributed by atoms with E-state index in [0.29, 0.717) is 16.4 Å². The lowest BCUT2D eigenvalue weighted by Gasteiger charge is -2.21. The van der Waals surface area contributed by atoms with E-state index >= 15 is 0 Å². The number of nitrogens with one attached hydrogen (secondary N) is 1. The molecule has 134 valence electrons. The Bertz CT molecular complexity index is 895. The van der Waals surface area contributed by atoms with Crippen LogP contribution >= 0.6 is 11.3 Å². The molecule has 3 amide bonds. The number of benzene rings is 1. The highest BCUT2D eigenvalue weighted by Gasteiger charge is 2.48. The van der Waals surface area contributed by atoms with Crippen molar-refractivity contribution >= 4 is 29.1 Å². The number of amides is 3. The Morgan fingerprint density at radius 2 is 2.08 bits per heavy atom. The molecule has 7 nitrogen and oxygen atoms in total. The van der Waals surface area contributed by atoms with Crippen molar-refractivity contribution in [3.63, 3.8) is 0 Å². The first-order valence-corrected chi connectivity index (χ1v) is 8.93. The van der Waals surface area contributed by atoms with Gasteiger partial charge in [-0.3, -0.25) is 14.5 Å². The summed E-state index contributed by atoms with van der Waals surface area (Å²) in [5.41, 5.74) is -0.280. The monoisotopic (exact) mass is 372 g/mol. The van der Waals surface area contributed by atoms with Crippen LogP contribution in [0.5, 0.6) is 11.5 Å². The molecule has 1 aromatic heterocycles. The number of hydrogen-bond acceptors (Lipinski definition) is 6. The van der Waals surface area contributed by atoms with Gasteiger partial charge in [-0.2, -0.15) is 0 Å². The fourth-order valence-electron chi connectivity index (χ4n) is 3.13. The molecule has 1 fully saturated rings. The third-order valence-electron chi connectivity index (χ3n) is 4.44. The van der Waals surface area contributed by atoms with Crippen LogP contribution in [0.4, 0.5) is 4.79 Å². The second-order valence-electron chi connectivity index (χ2n) is 6.42. The first kappa shape index (κ1) is 16.6. The van der Waals surface area contributed by atoms with Crippen molar-refractivity contribution in [1.29, 1.82) is 0 Å². The molecule has 26 heavy (non-hydrogen) atoms. The molecule has 2 aliphatic heterocycles. The molecule has 2 aromatic rings. The summed E-state index contributed by atoms with van der Waals surface area (Å²) in [5, 5.41) is 4.49. The van der Waals surface area contributed by atoms with Crippen molar-refractivity contribution in [3.05, 3.63) is 46.2 Å². The molecular formula is C18H16N2O5S. The zero-order chi connectivity index (χ0) is 18.3. The zero-order valence-corrected chi connectivity index (χ0v) is 14.8. The Labute approximate surface area is 153 Å².